The molecule has 0 spiro atoms. The van der Waals surface area contributed by atoms with Crippen LogP contribution in [0.25, 0.3) is 0 Å². The Kier molecular flexibility index (Phi) is 3.13. The molecule has 0 heterocycles. The number of rotatable bonds is 3. The number of ether oxygens (including phenoxy) is 1. The van der Waals surface area contributed by atoms with Crippen molar-refractivity contribution in [2.45, 2.75) is 26.2 Å². The first-order chi connectivity index (χ1) is 8.04. The van der Waals surface area contributed by atoms with E-state index >= 15 is 0 Å². The van der Waals surface area contributed by atoms with Gasteiger partial charge in [-0.3, -0.25) is 9.59 Å². The number of carboxylic acid groups (broad SMARTS) is 1. The summed E-state index contributed by atoms with van der Waals surface area (Å²) in [6, 6.07) is 5.50. The predicted octanol–water partition coefficient (Wildman–Crippen LogP) is 1.80. The van der Waals surface area contributed by atoms with Gasteiger partial charge in [0.15, 0.2) is 0 Å². The fourth-order valence-electron chi connectivity index (χ4n) is 2.31. The van der Waals surface area contributed by atoms with Crippen molar-refractivity contribution >= 4 is 11.9 Å². The third-order valence-corrected chi connectivity index (χ3v) is 2.92. The monoisotopic (exact) mass is 234 g/mol. The highest BCUT2D eigenvalue weighted by molar-refractivity contribution is 5.69. The van der Waals surface area contributed by atoms with E-state index in [1.165, 1.54) is 6.92 Å². The van der Waals surface area contributed by atoms with Crippen LogP contribution in [0.4, 0.5) is 0 Å². The Morgan fingerprint density at radius 1 is 1.35 bits per heavy atom. The lowest BCUT2D eigenvalue weighted by atomic mass is 10.0. The molecule has 0 amide bonds. The average molecular weight is 234 g/mol. The van der Waals surface area contributed by atoms with Crippen LogP contribution in [0.5, 0.6) is 5.75 Å². The van der Waals surface area contributed by atoms with Gasteiger partial charge >= 0.3 is 11.9 Å². The first-order valence-corrected chi connectivity index (χ1v) is 5.56. The number of fused-ring (bicyclic) bond motifs is 1. The van der Waals surface area contributed by atoms with Gasteiger partial charge in [-0.2, -0.15) is 0 Å². The summed E-state index contributed by atoms with van der Waals surface area (Å²) >= 11 is 0. The Labute approximate surface area is 99.2 Å². The molecule has 1 aromatic carbocycles. The van der Waals surface area contributed by atoms with E-state index in [-0.39, 0.29) is 18.3 Å². The van der Waals surface area contributed by atoms with Crippen LogP contribution in [0.2, 0.25) is 0 Å². The Hall–Kier alpha value is -1.84. The van der Waals surface area contributed by atoms with Crippen molar-refractivity contribution in [2.75, 3.05) is 0 Å². The highest BCUT2D eigenvalue weighted by atomic mass is 16.5. The van der Waals surface area contributed by atoms with Crippen molar-refractivity contribution < 1.29 is 19.4 Å². The maximum atomic E-state index is 10.8. The average Bonchev–Trinajstić information content (AvgIpc) is 2.56. The van der Waals surface area contributed by atoms with Crippen LogP contribution >= 0.6 is 0 Å². The fourth-order valence-corrected chi connectivity index (χ4v) is 2.31. The largest absolute Gasteiger partial charge is 0.481 e. The third-order valence-electron chi connectivity index (χ3n) is 2.92. The maximum Gasteiger partial charge on any atom is 0.308 e. The van der Waals surface area contributed by atoms with E-state index in [0.717, 1.165) is 24.0 Å². The van der Waals surface area contributed by atoms with E-state index in [4.69, 9.17) is 9.84 Å². The second-order valence-corrected chi connectivity index (χ2v) is 4.40. The molecule has 0 aliphatic heterocycles. The van der Waals surface area contributed by atoms with Gasteiger partial charge in [0.2, 0.25) is 0 Å². The standard InChI is InChI=1S/C13H14O4/c1-8(14)17-12-3-2-10-4-9(6-13(15)16)5-11(10)7-12/h2-3,7,9H,4-6H2,1H3,(H,15,16). The molecule has 4 heteroatoms. The van der Waals surface area contributed by atoms with Crippen molar-refractivity contribution in [3.8, 4) is 5.75 Å². The van der Waals surface area contributed by atoms with E-state index < -0.39 is 5.97 Å². The predicted molar refractivity (Wildman–Crippen MR) is 60.9 cm³/mol. The zero-order valence-electron chi connectivity index (χ0n) is 9.60. The molecule has 0 radical (unpaired) electrons. The lowest BCUT2D eigenvalue weighted by molar-refractivity contribution is -0.138. The van der Waals surface area contributed by atoms with Crippen LogP contribution < -0.4 is 4.74 Å². The number of hydrogen-bond donors (Lipinski definition) is 1. The second kappa shape index (κ2) is 4.57. The number of aliphatic carboxylic acids is 1. The van der Waals surface area contributed by atoms with Gasteiger partial charge in [-0.15, -0.1) is 0 Å². The normalized spacial score (nSPS) is 17.6. The SMILES string of the molecule is CC(=O)Oc1ccc2c(c1)CC(CC(=O)O)C2. The van der Waals surface area contributed by atoms with Crippen LogP contribution in [0.15, 0.2) is 18.2 Å². The zero-order chi connectivity index (χ0) is 12.4. The summed E-state index contributed by atoms with van der Waals surface area (Å²) in [5, 5.41) is 8.76. The van der Waals surface area contributed by atoms with Gasteiger partial charge in [0.1, 0.15) is 5.75 Å². The van der Waals surface area contributed by atoms with Gasteiger partial charge in [-0.05, 0) is 42.0 Å². The molecule has 90 valence electrons. The smallest absolute Gasteiger partial charge is 0.308 e. The number of carbonyl (C=O) groups is 2. The molecule has 4 nitrogen and oxygen atoms in total. The van der Waals surface area contributed by atoms with Crippen LogP contribution in [0, 0.1) is 5.92 Å². The van der Waals surface area contributed by atoms with Crippen molar-refractivity contribution in [2.24, 2.45) is 5.92 Å². The van der Waals surface area contributed by atoms with E-state index in [0.29, 0.717) is 5.75 Å². The first-order valence-electron chi connectivity index (χ1n) is 5.56. The summed E-state index contributed by atoms with van der Waals surface area (Å²) < 4.78 is 5.00. The highest BCUT2D eigenvalue weighted by Crippen LogP contribution is 2.31. The number of carbonyl (C=O) groups excluding carboxylic acids is 1. The van der Waals surface area contributed by atoms with E-state index in [2.05, 4.69) is 0 Å². The molecular weight excluding hydrogens is 220 g/mol. The molecule has 1 atom stereocenters. The Morgan fingerprint density at radius 2 is 2.06 bits per heavy atom. The van der Waals surface area contributed by atoms with Gasteiger partial charge in [0, 0.05) is 13.3 Å². The summed E-state index contributed by atoms with van der Waals surface area (Å²) in [5.74, 6) is -0.407. The van der Waals surface area contributed by atoms with Gasteiger partial charge < -0.3 is 9.84 Å². The quantitative estimate of drug-likeness (QED) is 0.639. The molecule has 17 heavy (non-hydrogen) atoms. The minimum Gasteiger partial charge on any atom is -0.481 e. The number of hydrogen-bond acceptors (Lipinski definition) is 3. The number of carboxylic acids is 1. The number of benzene rings is 1. The Balaban J connectivity index is 2.10. The third kappa shape index (κ3) is 2.84. The van der Waals surface area contributed by atoms with Gasteiger partial charge in [0.05, 0.1) is 0 Å². The summed E-state index contributed by atoms with van der Waals surface area (Å²) in [5.41, 5.74) is 2.25. The second-order valence-electron chi connectivity index (χ2n) is 4.40. The Bertz CT molecular complexity index is 464. The topological polar surface area (TPSA) is 63.6 Å². The summed E-state index contributed by atoms with van der Waals surface area (Å²) in [6.45, 7) is 1.36. The minimum atomic E-state index is -0.761. The summed E-state index contributed by atoms with van der Waals surface area (Å²) in [4.78, 5) is 21.5. The van der Waals surface area contributed by atoms with Crippen LogP contribution in [-0.2, 0) is 22.4 Å². The zero-order valence-corrected chi connectivity index (χ0v) is 9.60. The van der Waals surface area contributed by atoms with Crippen molar-refractivity contribution in [1.82, 2.24) is 0 Å². The summed E-state index contributed by atoms with van der Waals surface area (Å²) in [6.07, 6.45) is 1.73. The van der Waals surface area contributed by atoms with E-state index in [9.17, 15) is 9.59 Å². The molecule has 1 aromatic rings. The first kappa shape index (κ1) is 11.6. The number of esters is 1. The molecule has 0 bridgehead atoms. The van der Waals surface area contributed by atoms with Gasteiger partial charge in [-0.1, -0.05) is 6.07 Å². The minimum absolute atomic E-state index is 0.162. The molecule has 1 aliphatic carbocycles. The fraction of sp³-hybridized carbons (Fsp3) is 0.385. The van der Waals surface area contributed by atoms with Crippen molar-refractivity contribution in [3.63, 3.8) is 0 Å². The van der Waals surface area contributed by atoms with E-state index in [1.807, 2.05) is 12.1 Å². The molecule has 1 unspecified atom stereocenters. The lowest BCUT2D eigenvalue weighted by Gasteiger charge is -2.03. The molecule has 1 aliphatic rings. The molecule has 0 saturated carbocycles. The van der Waals surface area contributed by atoms with E-state index in [1.54, 1.807) is 6.07 Å². The molecule has 0 fully saturated rings. The highest BCUT2D eigenvalue weighted by Gasteiger charge is 2.23. The van der Waals surface area contributed by atoms with Crippen LogP contribution in [0.3, 0.4) is 0 Å². The molecule has 0 aromatic heterocycles. The Morgan fingerprint density at radius 3 is 2.71 bits per heavy atom. The maximum absolute atomic E-state index is 10.8. The van der Waals surface area contributed by atoms with Crippen LogP contribution in [0.1, 0.15) is 24.5 Å². The van der Waals surface area contributed by atoms with Crippen molar-refractivity contribution in [1.29, 1.82) is 0 Å². The lowest BCUT2D eigenvalue weighted by Crippen LogP contribution is -2.07. The molecular formula is C13H14O4. The molecule has 1 N–H and O–H groups in total. The molecule has 0 saturated heterocycles. The molecule has 2 rings (SSSR count). The van der Waals surface area contributed by atoms with Gasteiger partial charge in [-0.25, -0.2) is 0 Å². The van der Waals surface area contributed by atoms with Crippen LogP contribution in [-0.4, -0.2) is 17.0 Å². The summed E-state index contributed by atoms with van der Waals surface area (Å²) in [7, 11) is 0. The van der Waals surface area contributed by atoms with Crippen molar-refractivity contribution in [3.05, 3.63) is 29.3 Å². The van der Waals surface area contributed by atoms with Gasteiger partial charge in [0.25, 0.3) is 0 Å².